The lowest BCUT2D eigenvalue weighted by Gasteiger charge is -2.16. The zero-order valence-corrected chi connectivity index (χ0v) is 11.7. The molecule has 0 radical (unpaired) electrons. The first-order valence-electron chi connectivity index (χ1n) is 6.75. The average molecular weight is 262 g/mol. The van der Waals surface area contributed by atoms with Gasteiger partial charge >= 0.3 is 0 Å². The lowest BCUT2D eigenvalue weighted by molar-refractivity contribution is -0.122. The van der Waals surface area contributed by atoms with E-state index in [2.05, 4.69) is 5.32 Å². The van der Waals surface area contributed by atoms with Crippen molar-refractivity contribution in [3.05, 3.63) is 29.8 Å². The molecule has 1 saturated carbocycles. The molecular formula is C15H22N2O2. The maximum Gasteiger partial charge on any atom is 0.234 e. The number of carbonyl (C=O) groups is 1. The van der Waals surface area contributed by atoms with Crippen molar-refractivity contribution in [2.24, 2.45) is 5.92 Å². The number of benzene rings is 1. The third kappa shape index (κ3) is 4.91. The minimum Gasteiger partial charge on any atom is -0.497 e. The second kappa shape index (κ2) is 6.57. The van der Waals surface area contributed by atoms with Gasteiger partial charge in [0.25, 0.3) is 0 Å². The van der Waals surface area contributed by atoms with Gasteiger partial charge in [-0.25, -0.2) is 0 Å². The van der Waals surface area contributed by atoms with Gasteiger partial charge in [0.15, 0.2) is 0 Å². The molecule has 0 heterocycles. The summed E-state index contributed by atoms with van der Waals surface area (Å²) in [6, 6.07) is 7.93. The molecule has 4 heteroatoms. The van der Waals surface area contributed by atoms with E-state index < -0.39 is 0 Å². The molecule has 1 amide bonds. The van der Waals surface area contributed by atoms with Crippen molar-refractivity contribution in [3.8, 4) is 5.75 Å². The predicted molar refractivity (Wildman–Crippen MR) is 75.1 cm³/mol. The molecule has 19 heavy (non-hydrogen) atoms. The van der Waals surface area contributed by atoms with Crippen LogP contribution in [0.4, 0.5) is 0 Å². The van der Waals surface area contributed by atoms with Crippen molar-refractivity contribution < 1.29 is 9.53 Å². The Morgan fingerprint density at radius 2 is 2.26 bits per heavy atom. The quantitative estimate of drug-likeness (QED) is 0.812. The first-order chi connectivity index (χ1) is 9.17. The van der Waals surface area contributed by atoms with E-state index >= 15 is 0 Å². The fraction of sp³-hybridized carbons (Fsp3) is 0.533. The normalized spacial score (nSPS) is 14.5. The van der Waals surface area contributed by atoms with Gasteiger partial charge in [-0.3, -0.25) is 9.69 Å². The molecule has 1 aliphatic rings. The Balaban J connectivity index is 1.75. The van der Waals surface area contributed by atoms with Crippen molar-refractivity contribution in [1.29, 1.82) is 0 Å². The minimum atomic E-state index is 0.109. The highest BCUT2D eigenvalue weighted by atomic mass is 16.5. The third-order valence-corrected chi connectivity index (χ3v) is 3.28. The number of carbonyl (C=O) groups excluding carboxylic acids is 1. The van der Waals surface area contributed by atoms with E-state index in [0.29, 0.717) is 6.54 Å². The molecule has 4 nitrogen and oxygen atoms in total. The van der Waals surface area contributed by atoms with Crippen LogP contribution in [0.5, 0.6) is 5.75 Å². The number of hydrogen-bond acceptors (Lipinski definition) is 3. The summed E-state index contributed by atoms with van der Waals surface area (Å²) in [6.45, 7) is 2.02. The lowest BCUT2D eigenvalue weighted by Crippen LogP contribution is -2.35. The lowest BCUT2D eigenvalue weighted by atomic mass is 10.2. The van der Waals surface area contributed by atoms with Gasteiger partial charge < -0.3 is 10.1 Å². The van der Waals surface area contributed by atoms with Crippen molar-refractivity contribution in [2.45, 2.75) is 19.4 Å². The molecule has 0 aromatic heterocycles. The van der Waals surface area contributed by atoms with Crippen LogP contribution in [-0.4, -0.2) is 38.1 Å². The molecule has 0 bridgehead atoms. The molecule has 0 saturated heterocycles. The highest BCUT2D eigenvalue weighted by molar-refractivity contribution is 5.78. The molecule has 1 fully saturated rings. The number of amides is 1. The van der Waals surface area contributed by atoms with Crippen LogP contribution < -0.4 is 10.1 Å². The van der Waals surface area contributed by atoms with Crippen molar-refractivity contribution in [2.75, 3.05) is 27.2 Å². The molecule has 1 aromatic carbocycles. The van der Waals surface area contributed by atoms with E-state index in [1.807, 2.05) is 36.2 Å². The zero-order chi connectivity index (χ0) is 13.7. The highest BCUT2D eigenvalue weighted by Crippen LogP contribution is 2.27. The topological polar surface area (TPSA) is 41.6 Å². The van der Waals surface area contributed by atoms with Crippen LogP contribution in [0.25, 0.3) is 0 Å². The Labute approximate surface area is 114 Å². The summed E-state index contributed by atoms with van der Waals surface area (Å²) >= 11 is 0. The van der Waals surface area contributed by atoms with E-state index in [9.17, 15) is 4.79 Å². The molecule has 0 aliphatic heterocycles. The second-order valence-electron chi connectivity index (χ2n) is 5.27. The monoisotopic (exact) mass is 262 g/mol. The Morgan fingerprint density at radius 3 is 2.95 bits per heavy atom. The number of hydrogen-bond donors (Lipinski definition) is 1. The zero-order valence-electron chi connectivity index (χ0n) is 11.7. The summed E-state index contributed by atoms with van der Waals surface area (Å²) < 4.78 is 5.19. The molecule has 0 unspecified atom stereocenters. The van der Waals surface area contributed by atoms with E-state index in [-0.39, 0.29) is 5.91 Å². The van der Waals surface area contributed by atoms with Crippen LogP contribution in [0.15, 0.2) is 24.3 Å². The molecule has 1 N–H and O–H groups in total. The van der Waals surface area contributed by atoms with Crippen LogP contribution in [0.3, 0.4) is 0 Å². The fourth-order valence-corrected chi connectivity index (χ4v) is 2.02. The molecular weight excluding hydrogens is 240 g/mol. The molecule has 2 rings (SSSR count). The molecule has 1 aromatic rings. The smallest absolute Gasteiger partial charge is 0.234 e. The minimum absolute atomic E-state index is 0.109. The van der Waals surface area contributed by atoms with Gasteiger partial charge in [-0.05, 0) is 43.5 Å². The van der Waals surface area contributed by atoms with Gasteiger partial charge in [-0.1, -0.05) is 12.1 Å². The SMILES string of the molecule is COc1cccc(CN(C)CC(=O)NCC2CC2)c1. The van der Waals surface area contributed by atoms with Gasteiger partial charge in [-0.2, -0.15) is 0 Å². The number of rotatable bonds is 7. The average Bonchev–Trinajstić information content (AvgIpc) is 3.20. The van der Waals surface area contributed by atoms with Gasteiger partial charge in [0.05, 0.1) is 13.7 Å². The number of nitrogens with zero attached hydrogens (tertiary/aromatic N) is 1. The Kier molecular flexibility index (Phi) is 4.80. The van der Waals surface area contributed by atoms with E-state index in [1.54, 1.807) is 7.11 Å². The summed E-state index contributed by atoms with van der Waals surface area (Å²) in [5.74, 6) is 1.69. The van der Waals surface area contributed by atoms with Crippen molar-refractivity contribution in [1.82, 2.24) is 10.2 Å². The highest BCUT2D eigenvalue weighted by Gasteiger charge is 2.21. The van der Waals surface area contributed by atoms with Gasteiger partial charge in [0.2, 0.25) is 5.91 Å². The van der Waals surface area contributed by atoms with Crippen molar-refractivity contribution in [3.63, 3.8) is 0 Å². The van der Waals surface area contributed by atoms with Crippen LogP contribution in [0.1, 0.15) is 18.4 Å². The summed E-state index contributed by atoms with van der Waals surface area (Å²) in [5, 5.41) is 2.98. The van der Waals surface area contributed by atoms with Crippen LogP contribution >= 0.6 is 0 Å². The van der Waals surface area contributed by atoms with Crippen LogP contribution in [0.2, 0.25) is 0 Å². The third-order valence-electron chi connectivity index (χ3n) is 3.28. The largest absolute Gasteiger partial charge is 0.497 e. The maximum absolute atomic E-state index is 11.7. The second-order valence-corrected chi connectivity index (χ2v) is 5.27. The number of ether oxygens (including phenoxy) is 1. The summed E-state index contributed by atoms with van der Waals surface area (Å²) in [6.07, 6.45) is 2.53. The van der Waals surface area contributed by atoms with Gasteiger partial charge in [0.1, 0.15) is 5.75 Å². The van der Waals surface area contributed by atoms with Crippen LogP contribution in [-0.2, 0) is 11.3 Å². The summed E-state index contributed by atoms with van der Waals surface area (Å²) in [5.41, 5.74) is 1.15. The molecule has 0 spiro atoms. The summed E-state index contributed by atoms with van der Waals surface area (Å²) in [4.78, 5) is 13.7. The number of nitrogens with one attached hydrogen (secondary N) is 1. The molecule has 0 atom stereocenters. The number of likely N-dealkylation sites (N-methyl/N-ethyl adjacent to an activating group) is 1. The summed E-state index contributed by atoms with van der Waals surface area (Å²) in [7, 11) is 3.62. The van der Waals surface area contributed by atoms with Crippen molar-refractivity contribution >= 4 is 5.91 Å². The Bertz CT molecular complexity index is 430. The maximum atomic E-state index is 11.7. The van der Waals surface area contributed by atoms with E-state index in [0.717, 1.165) is 30.3 Å². The number of methoxy groups -OCH3 is 1. The fourth-order valence-electron chi connectivity index (χ4n) is 2.02. The Morgan fingerprint density at radius 1 is 1.47 bits per heavy atom. The standard InChI is InChI=1S/C15H22N2O2/c1-17(11-15(18)16-9-12-6-7-12)10-13-4-3-5-14(8-13)19-2/h3-5,8,12H,6-7,9-11H2,1-2H3,(H,16,18). The Hall–Kier alpha value is -1.55. The predicted octanol–water partition coefficient (Wildman–Crippen LogP) is 1.65. The van der Waals surface area contributed by atoms with Gasteiger partial charge in [-0.15, -0.1) is 0 Å². The first-order valence-corrected chi connectivity index (χ1v) is 6.75. The first kappa shape index (κ1) is 13.9. The van der Waals surface area contributed by atoms with Gasteiger partial charge in [0, 0.05) is 13.1 Å². The van der Waals surface area contributed by atoms with E-state index in [4.69, 9.17) is 4.74 Å². The molecule has 104 valence electrons. The molecule has 1 aliphatic carbocycles. The van der Waals surface area contributed by atoms with E-state index in [1.165, 1.54) is 12.8 Å². The van der Waals surface area contributed by atoms with Crippen LogP contribution in [0, 0.1) is 5.92 Å².